The van der Waals surface area contributed by atoms with Gasteiger partial charge in [0.2, 0.25) is 0 Å². The van der Waals surface area contributed by atoms with Gasteiger partial charge < -0.3 is 19.9 Å². The summed E-state index contributed by atoms with van der Waals surface area (Å²) in [5.41, 5.74) is 1.24. The number of benzene rings is 1. The van der Waals surface area contributed by atoms with Crippen molar-refractivity contribution < 1.29 is 4.74 Å². The summed E-state index contributed by atoms with van der Waals surface area (Å²) in [7, 11) is 3.60. The van der Waals surface area contributed by atoms with Crippen LogP contribution >= 0.6 is 0 Å². The topological polar surface area (TPSA) is 40.1 Å². The maximum atomic E-state index is 5.32. The van der Waals surface area contributed by atoms with E-state index in [9.17, 15) is 0 Å². The molecule has 5 nitrogen and oxygen atoms in total. The monoisotopic (exact) mass is 302 g/mol. The number of guanidine groups is 1. The molecule has 1 aliphatic carbocycles. The van der Waals surface area contributed by atoms with Crippen LogP contribution < -0.4 is 15.0 Å². The third-order valence-corrected chi connectivity index (χ3v) is 4.65. The lowest BCUT2D eigenvalue weighted by molar-refractivity contribution is 0.332. The van der Waals surface area contributed by atoms with Gasteiger partial charge in [-0.15, -0.1) is 0 Å². The first-order valence-corrected chi connectivity index (χ1v) is 8.17. The Morgan fingerprint density at radius 2 is 2.00 bits per heavy atom. The molecule has 0 unspecified atom stereocenters. The highest BCUT2D eigenvalue weighted by molar-refractivity contribution is 5.80. The maximum Gasteiger partial charge on any atom is 0.193 e. The number of ether oxygens (including phenoxy) is 1. The fourth-order valence-corrected chi connectivity index (χ4v) is 3.02. The minimum atomic E-state index is 0.634. The number of nitrogens with one attached hydrogen (secondary N) is 1. The molecule has 1 saturated heterocycles. The highest BCUT2D eigenvalue weighted by Gasteiger charge is 2.24. The zero-order valence-corrected chi connectivity index (χ0v) is 13.6. The van der Waals surface area contributed by atoms with Gasteiger partial charge in [0, 0.05) is 51.0 Å². The minimum absolute atomic E-state index is 0.634. The van der Waals surface area contributed by atoms with Gasteiger partial charge in [-0.05, 0) is 31.4 Å². The van der Waals surface area contributed by atoms with Crippen LogP contribution in [0, 0.1) is 0 Å². The molecule has 0 amide bonds. The normalized spacial score (nSPS) is 19.8. The second kappa shape index (κ2) is 6.90. The van der Waals surface area contributed by atoms with Crippen LogP contribution in [0.4, 0.5) is 5.69 Å². The largest absolute Gasteiger partial charge is 0.497 e. The van der Waals surface area contributed by atoms with E-state index in [4.69, 9.17) is 4.74 Å². The van der Waals surface area contributed by atoms with E-state index in [0.717, 1.165) is 37.9 Å². The summed E-state index contributed by atoms with van der Waals surface area (Å²) in [5, 5.41) is 3.58. The molecule has 0 radical (unpaired) electrons. The summed E-state index contributed by atoms with van der Waals surface area (Å²) in [4.78, 5) is 9.23. The number of methoxy groups -OCH3 is 1. The predicted molar refractivity (Wildman–Crippen MR) is 90.9 cm³/mol. The number of aliphatic imine (C=N–C) groups is 1. The molecule has 0 aromatic heterocycles. The Bertz CT molecular complexity index is 519. The molecule has 2 fully saturated rings. The van der Waals surface area contributed by atoms with Gasteiger partial charge in [-0.2, -0.15) is 0 Å². The molecule has 0 atom stereocenters. The van der Waals surface area contributed by atoms with Crippen LogP contribution in [0.3, 0.4) is 0 Å². The van der Waals surface area contributed by atoms with E-state index >= 15 is 0 Å². The summed E-state index contributed by atoms with van der Waals surface area (Å²) in [6.45, 7) is 4.03. The van der Waals surface area contributed by atoms with E-state index in [0.29, 0.717) is 6.04 Å². The predicted octanol–water partition coefficient (Wildman–Crippen LogP) is 1.95. The van der Waals surface area contributed by atoms with E-state index in [1.54, 1.807) is 7.11 Å². The van der Waals surface area contributed by atoms with Crippen molar-refractivity contribution in [3.63, 3.8) is 0 Å². The molecular weight excluding hydrogens is 276 g/mol. The minimum Gasteiger partial charge on any atom is -0.497 e. The van der Waals surface area contributed by atoms with Crippen molar-refractivity contribution >= 4 is 11.6 Å². The van der Waals surface area contributed by atoms with Crippen molar-refractivity contribution in [3.8, 4) is 5.75 Å². The Labute approximate surface area is 133 Å². The van der Waals surface area contributed by atoms with Crippen molar-refractivity contribution in [1.82, 2.24) is 10.2 Å². The first-order chi connectivity index (χ1) is 10.8. The van der Waals surface area contributed by atoms with E-state index in [2.05, 4.69) is 38.3 Å². The Kier molecular flexibility index (Phi) is 4.71. The van der Waals surface area contributed by atoms with Crippen molar-refractivity contribution in [1.29, 1.82) is 0 Å². The van der Waals surface area contributed by atoms with Crippen molar-refractivity contribution in [2.45, 2.75) is 25.3 Å². The van der Waals surface area contributed by atoms with Crippen LogP contribution in [0.2, 0.25) is 0 Å². The number of piperazine rings is 1. The zero-order chi connectivity index (χ0) is 15.4. The molecule has 1 heterocycles. The Morgan fingerprint density at radius 3 is 2.59 bits per heavy atom. The van der Waals surface area contributed by atoms with Gasteiger partial charge in [0.25, 0.3) is 0 Å². The van der Waals surface area contributed by atoms with Gasteiger partial charge in [-0.25, -0.2) is 0 Å². The summed E-state index contributed by atoms with van der Waals surface area (Å²) < 4.78 is 5.32. The van der Waals surface area contributed by atoms with Crippen LogP contribution in [0.5, 0.6) is 5.75 Å². The van der Waals surface area contributed by atoms with Gasteiger partial charge in [0.05, 0.1) is 7.11 Å². The molecule has 1 aromatic carbocycles. The van der Waals surface area contributed by atoms with Crippen LogP contribution in [-0.2, 0) is 0 Å². The molecular formula is C17H26N4O. The molecule has 5 heteroatoms. The van der Waals surface area contributed by atoms with Crippen molar-refractivity contribution in [2.75, 3.05) is 45.2 Å². The highest BCUT2D eigenvalue weighted by atomic mass is 16.5. The third kappa shape index (κ3) is 3.29. The average Bonchev–Trinajstić information content (AvgIpc) is 2.54. The zero-order valence-electron chi connectivity index (χ0n) is 13.6. The lowest BCUT2D eigenvalue weighted by atomic mass is 9.93. The number of hydrogen-bond donors (Lipinski definition) is 1. The van der Waals surface area contributed by atoms with E-state index in [-0.39, 0.29) is 0 Å². The molecule has 0 spiro atoms. The Balaban J connectivity index is 1.56. The van der Waals surface area contributed by atoms with Crippen molar-refractivity contribution in [2.24, 2.45) is 4.99 Å². The van der Waals surface area contributed by atoms with Gasteiger partial charge in [0.15, 0.2) is 5.96 Å². The summed E-state index contributed by atoms with van der Waals surface area (Å²) in [6.07, 6.45) is 3.91. The van der Waals surface area contributed by atoms with Crippen LogP contribution in [-0.4, -0.2) is 57.2 Å². The quantitative estimate of drug-likeness (QED) is 0.684. The lowest BCUT2D eigenvalue weighted by Gasteiger charge is -2.39. The Morgan fingerprint density at radius 1 is 1.23 bits per heavy atom. The fourth-order valence-electron chi connectivity index (χ4n) is 3.02. The first kappa shape index (κ1) is 15.0. The Hall–Kier alpha value is -1.91. The molecule has 1 aliphatic heterocycles. The third-order valence-electron chi connectivity index (χ3n) is 4.65. The van der Waals surface area contributed by atoms with Crippen LogP contribution in [0.1, 0.15) is 19.3 Å². The number of anilines is 1. The summed E-state index contributed by atoms with van der Waals surface area (Å²) in [6, 6.07) is 8.94. The van der Waals surface area contributed by atoms with Crippen molar-refractivity contribution in [3.05, 3.63) is 24.3 Å². The molecule has 3 rings (SSSR count). The number of nitrogens with zero attached hydrogens (tertiary/aromatic N) is 3. The molecule has 1 aromatic rings. The molecule has 0 bridgehead atoms. The smallest absolute Gasteiger partial charge is 0.193 e. The highest BCUT2D eigenvalue weighted by Crippen LogP contribution is 2.22. The SMILES string of the molecule is CN=C(NC1CCC1)N1CCN(c2cccc(OC)c2)CC1. The summed E-state index contributed by atoms with van der Waals surface area (Å²) in [5.74, 6) is 1.98. The molecule has 1 saturated carbocycles. The van der Waals surface area contributed by atoms with Crippen LogP contribution in [0.25, 0.3) is 0 Å². The standard InChI is InChI=1S/C17H26N4O/c1-18-17(19-14-5-3-6-14)21-11-9-20(10-12-21)15-7-4-8-16(13-15)22-2/h4,7-8,13-14H,3,5-6,9-12H2,1-2H3,(H,18,19). The van der Waals surface area contributed by atoms with E-state index in [1.807, 2.05) is 13.1 Å². The second-order valence-electron chi connectivity index (χ2n) is 5.99. The molecule has 2 aliphatic rings. The number of hydrogen-bond acceptors (Lipinski definition) is 3. The summed E-state index contributed by atoms with van der Waals surface area (Å²) >= 11 is 0. The average molecular weight is 302 g/mol. The van der Waals surface area contributed by atoms with Crippen LogP contribution in [0.15, 0.2) is 29.3 Å². The molecule has 1 N–H and O–H groups in total. The molecule has 120 valence electrons. The lowest BCUT2D eigenvalue weighted by Crippen LogP contribution is -2.55. The maximum absolute atomic E-state index is 5.32. The fraction of sp³-hybridized carbons (Fsp3) is 0.588. The van der Waals surface area contributed by atoms with Gasteiger partial charge in [-0.1, -0.05) is 6.07 Å². The van der Waals surface area contributed by atoms with E-state index in [1.165, 1.54) is 24.9 Å². The number of rotatable bonds is 3. The van der Waals surface area contributed by atoms with Gasteiger partial charge in [0.1, 0.15) is 5.75 Å². The van der Waals surface area contributed by atoms with Gasteiger partial charge >= 0.3 is 0 Å². The molecule has 22 heavy (non-hydrogen) atoms. The second-order valence-corrected chi connectivity index (χ2v) is 5.99. The van der Waals surface area contributed by atoms with E-state index < -0.39 is 0 Å². The first-order valence-electron chi connectivity index (χ1n) is 8.17. The van der Waals surface area contributed by atoms with Gasteiger partial charge in [-0.3, -0.25) is 4.99 Å².